The van der Waals surface area contributed by atoms with Crippen LogP contribution in [0, 0.1) is 19.8 Å². The van der Waals surface area contributed by atoms with E-state index in [0.717, 1.165) is 18.9 Å². The molecule has 2 rings (SSSR count). The molecule has 0 atom stereocenters. The molecule has 0 aromatic heterocycles. The van der Waals surface area contributed by atoms with Crippen LogP contribution in [-0.4, -0.2) is 6.61 Å². The number of benzene rings is 2. The highest BCUT2D eigenvalue weighted by molar-refractivity contribution is 5.52. The Morgan fingerprint density at radius 3 is 2.62 bits per heavy atom. The first kappa shape index (κ1) is 15.4. The molecule has 0 heterocycles. The topological polar surface area (TPSA) is 21.3 Å². The molecule has 1 N–H and O–H groups in total. The van der Waals surface area contributed by atoms with Crippen LogP contribution in [0.15, 0.2) is 42.5 Å². The zero-order valence-electron chi connectivity index (χ0n) is 13.4. The third-order valence-electron chi connectivity index (χ3n) is 3.36. The summed E-state index contributed by atoms with van der Waals surface area (Å²) in [5, 5.41) is 3.51. The Morgan fingerprint density at radius 2 is 1.86 bits per heavy atom. The molecule has 0 amide bonds. The molecule has 112 valence electrons. The van der Waals surface area contributed by atoms with E-state index in [0.29, 0.717) is 5.92 Å². The summed E-state index contributed by atoms with van der Waals surface area (Å²) < 4.78 is 5.78. The van der Waals surface area contributed by atoms with Crippen molar-refractivity contribution >= 4 is 5.69 Å². The second-order valence-electron chi connectivity index (χ2n) is 6.02. The molecule has 0 aliphatic heterocycles. The van der Waals surface area contributed by atoms with E-state index in [-0.39, 0.29) is 0 Å². The van der Waals surface area contributed by atoms with Gasteiger partial charge in [0.2, 0.25) is 0 Å². The summed E-state index contributed by atoms with van der Waals surface area (Å²) in [5.74, 6) is 1.49. The fourth-order valence-electron chi connectivity index (χ4n) is 2.13. The van der Waals surface area contributed by atoms with Crippen LogP contribution in [0.3, 0.4) is 0 Å². The van der Waals surface area contributed by atoms with Crippen molar-refractivity contribution in [3.8, 4) is 5.75 Å². The van der Waals surface area contributed by atoms with Crippen LogP contribution in [0.2, 0.25) is 0 Å². The normalized spacial score (nSPS) is 10.7. The number of aryl methyl sites for hydroxylation is 2. The Kier molecular flexibility index (Phi) is 5.26. The van der Waals surface area contributed by atoms with Crippen molar-refractivity contribution < 1.29 is 4.74 Å². The number of hydrogen-bond donors (Lipinski definition) is 1. The van der Waals surface area contributed by atoms with E-state index in [2.05, 4.69) is 69.4 Å². The minimum atomic E-state index is 0.543. The van der Waals surface area contributed by atoms with E-state index in [1.54, 1.807) is 0 Å². The predicted molar refractivity (Wildman–Crippen MR) is 90.0 cm³/mol. The summed E-state index contributed by atoms with van der Waals surface area (Å²) in [6.07, 6.45) is 0. The Labute approximate surface area is 128 Å². The molecule has 0 aliphatic rings. The average molecular weight is 283 g/mol. The van der Waals surface area contributed by atoms with E-state index < -0.39 is 0 Å². The molecule has 2 nitrogen and oxygen atoms in total. The van der Waals surface area contributed by atoms with Gasteiger partial charge in [-0.05, 0) is 54.7 Å². The number of rotatable bonds is 6. The highest BCUT2D eigenvalue weighted by Crippen LogP contribution is 2.19. The molecule has 0 fully saturated rings. The van der Waals surface area contributed by atoms with Gasteiger partial charge in [0.1, 0.15) is 5.75 Å². The molecule has 0 bridgehead atoms. The minimum absolute atomic E-state index is 0.543. The molecular formula is C19H25NO. The van der Waals surface area contributed by atoms with Gasteiger partial charge in [-0.1, -0.05) is 38.1 Å². The van der Waals surface area contributed by atoms with Gasteiger partial charge in [0.15, 0.2) is 0 Å². The fraction of sp³-hybridized carbons (Fsp3) is 0.368. The predicted octanol–water partition coefficient (Wildman–Crippen LogP) is 4.95. The number of anilines is 1. The first-order chi connectivity index (χ1) is 10.0. The van der Waals surface area contributed by atoms with Crippen molar-refractivity contribution in [3.63, 3.8) is 0 Å². The van der Waals surface area contributed by atoms with Crippen molar-refractivity contribution in [1.29, 1.82) is 0 Å². The average Bonchev–Trinajstić information content (AvgIpc) is 2.46. The molecule has 0 radical (unpaired) electrons. The number of hydrogen-bond acceptors (Lipinski definition) is 2. The van der Waals surface area contributed by atoms with E-state index in [4.69, 9.17) is 4.74 Å². The SMILES string of the molecule is Cc1ccc(C)c(NCc2cccc(OCC(C)C)c2)c1. The summed E-state index contributed by atoms with van der Waals surface area (Å²) in [6, 6.07) is 14.8. The monoisotopic (exact) mass is 283 g/mol. The van der Waals surface area contributed by atoms with Gasteiger partial charge in [-0.2, -0.15) is 0 Å². The second kappa shape index (κ2) is 7.16. The smallest absolute Gasteiger partial charge is 0.119 e. The lowest BCUT2D eigenvalue weighted by Crippen LogP contribution is -2.05. The minimum Gasteiger partial charge on any atom is -0.493 e. The molecule has 0 unspecified atom stereocenters. The Balaban J connectivity index is 1.99. The summed E-state index contributed by atoms with van der Waals surface area (Å²) >= 11 is 0. The zero-order chi connectivity index (χ0) is 15.2. The van der Waals surface area contributed by atoms with Crippen molar-refractivity contribution in [2.45, 2.75) is 34.2 Å². The van der Waals surface area contributed by atoms with Crippen LogP contribution < -0.4 is 10.1 Å². The van der Waals surface area contributed by atoms with Crippen LogP contribution in [0.5, 0.6) is 5.75 Å². The van der Waals surface area contributed by atoms with Crippen LogP contribution in [0.1, 0.15) is 30.5 Å². The fourth-order valence-corrected chi connectivity index (χ4v) is 2.13. The highest BCUT2D eigenvalue weighted by atomic mass is 16.5. The first-order valence-corrected chi connectivity index (χ1v) is 7.57. The third-order valence-corrected chi connectivity index (χ3v) is 3.36. The molecule has 2 aromatic rings. The summed E-state index contributed by atoms with van der Waals surface area (Å²) in [6.45, 7) is 10.1. The van der Waals surface area contributed by atoms with Gasteiger partial charge < -0.3 is 10.1 Å². The van der Waals surface area contributed by atoms with E-state index >= 15 is 0 Å². The summed E-state index contributed by atoms with van der Waals surface area (Å²) in [7, 11) is 0. The maximum atomic E-state index is 5.78. The molecule has 0 saturated carbocycles. The number of ether oxygens (including phenoxy) is 1. The molecule has 0 spiro atoms. The Bertz CT molecular complexity index is 590. The zero-order valence-corrected chi connectivity index (χ0v) is 13.4. The van der Waals surface area contributed by atoms with E-state index in [1.165, 1.54) is 22.4 Å². The van der Waals surface area contributed by atoms with Gasteiger partial charge in [0, 0.05) is 12.2 Å². The largest absolute Gasteiger partial charge is 0.493 e. The maximum absolute atomic E-state index is 5.78. The Morgan fingerprint density at radius 1 is 1.05 bits per heavy atom. The second-order valence-corrected chi connectivity index (χ2v) is 6.02. The molecule has 0 aliphatic carbocycles. The Hall–Kier alpha value is -1.96. The van der Waals surface area contributed by atoms with Crippen molar-refractivity contribution in [2.75, 3.05) is 11.9 Å². The lowest BCUT2D eigenvalue weighted by Gasteiger charge is -2.12. The van der Waals surface area contributed by atoms with Crippen LogP contribution >= 0.6 is 0 Å². The molecule has 21 heavy (non-hydrogen) atoms. The van der Waals surface area contributed by atoms with Gasteiger partial charge in [-0.25, -0.2) is 0 Å². The van der Waals surface area contributed by atoms with Crippen molar-refractivity contribution in [3.05, 3.63) is 59.2 Å². The lowest BCUT2D eigenvalue weighted by atomic mass is 10.1. The molecule has 0 saturated heterocycles. The van der Waals surface area contributed by atoms with E-state index in [1.807, 2.05) is 6.07 Å². The van der Waals surface area contributed by atoms with Crippen LogP contribution in [0.4, 0.5) is 5.69 Å². The molecule has 2 heteroatoms. The lowest BCUT2D eigenvalue weighted by molar-refractivity contribution is 0.271. The first-order valence-electron chi connectivity index (χ1n) is 7.57. The van der Waals surface area contributed by atoms with Gasteiger partial charge >= 0.3 is 0 Å². The molecule has 2 aromatic carbocycles. The van der Waals surface area contributed by atoms with Crippen molar-refractivity contribution in [2.24, 2.45) is 5.92 Å². The summed E-state index contributed by atoms with van der Waals surface area (Å²) in [5.41, 5.74) is 4.98. The van der Waals surface area contributed by atoms with Gasteiger partial charge in [-0.3, -0.25) is 0 Å². The van der Waals surface area contributed by atoms with E-state index in [9.17, 15) is 0 Å². The van der Waals surface area contributed by atoms with Gasteiger partial charge in [-0.15, -0.1) is 0 Å². The van der Waals surface area contributed by atoms with Gasteiger partial charge in [0.05, 0.1) is 6.61 Å². The maximum Gasteiger partial charge on any atom is 0.119 e. The number of nitrogens with one attached hydrogen (secondary N) is 1. The quantitative estimate of drug-likeness (QED) is 0.810. The third kappa shape index (κ3) is 4.82. The van der Waals surface area contributed by atoms with Crippen LogP contribution in [0.25, 0.3) is 0 Å². The standard InChI is InChI=1S/C19H25NO/c1-14(2)13-21-18-7-5-6-17(11-18)12-20-19-10-15(3)8-9-16(19)4/h5-11,14,20H,12-13H2,1-4H3. The van der Waals surface area contributed by atoms with Crippen LogP contribution in [-0.2, 0) is 6.54 Å². The highest BCUT2D eigenvalue weighted by Gasteiger charge is 2.01. The summed E-state index contributed by atoms with van der Waals surface area (Å²) in [4.78, 5) is 0. The van der Waals surface area contributed by atoms with Crippen molar-refractivity contribution in [1.82, 2.24) is 0 Å². The van der Waals surface area contributed by atoms with Gasteiger partial charge in [0.25, 0.3) is 0 Å². The molecular weight excluding hydrogens is 258 g/mol.